The van der Waals surface area contributed by atoms with Crippen LogP contribution >= 0.6 is 27.3 Å². The van der Waals surface area contributed by atoms with E-state index >= 15 is 0 Å². The molecule has 2 rings (SSSR count). The average Bonchev–Trinajstić information content (AvgIpc) is 2.63. The quantitative estimate of drug-likeness (QED) is 0.827. The smallest absolute Gasteiger partial charge is 0.0302 e. The van der Waals surface area contributed by atoms with Gasteiger partial charge in [0.05, 0.1) is 0 Å². The normalized spacial score (nSPS) is 21.4. The minimum atomic E-state index is 0.681. The molecule has 1 nitrogen and oxygen atoms in total. The lowest BCUT2D eigenvalue weighted by molar-refractivity contribution is 0.476. The summed E-state index contributed by atoms with van der Waals surface area (Å²) in [4.78, 5) is 1.41. The molecule has 0 spiro atoms. The number of hydrogen-bond acceptors (Lipinski definition) is 2. The second kappa shape index (κ2) is 5.10. The molecule has 1 atom stereocenters. The summed E-state index contributed by atoms with van der Waals surface area (Å²) in [6, 6.07) is 2.87. The Morgan fingerprint density at radius 2 is 2.43 bits per heavy atom. The van der Waals surface area contributed by atoms with Gasteiger partial charge < -0.3 is 5.32 Å². The van der Waals surface area contributed by atoms with E-state index in [2.05, 4.69) is 44.8 Å². The van der Waals surface area contributed by atoms with Gasteiger partial charge in [-0.25, -0.2) is 0 Å². The molecule has 0 bridgehead atoms. The van der Waals surface area contributed by atoms with Crippen LogP contribution in [0.4, 0.5) is 0 Å². The van der Waals surface area contributed by atoms with E-state index in [0.29, 0.717) is 6.04 Å². The first-order valence-corrected chi connectivity index (χ1v) is 6.63. The van der Waals surface area contributed by atoms with E-state index < -0.39 is 0 Å². The molecule has 0 aromatic carbocycles. The first-order valence-electron chi connectivity index (χ1n) is 4.96. The van der Waals surface area contributed by atoms with Gasteiger partial charge in [-0.1, -0.05) is 12.2 Å². The first kappa shape index (κ1) is 10.4. The highest BCUT2D eigenvalue weighted by atomic mass is 79.9. The topological polar surface area (TPSA) is 12.0 Å². The molecule has 1 aliphatic carbocycles. The number of allylic oxidation sites excluding steroid dienone is 1. The molecule has 0 saturated heterocycles. The molecule has 76 valence electrons. The molecule has 1 heterocycles. The predicted octanol–water partition coefficient (Wildman–Crippen LogP) is 3.71. The van der Waals surface area contributed by atoms with E-state index in [1.807, 2.05) is 11.3 Å². The fraction of sp³-hybridized carbons (Fsp3) is 0.455. The van der Waals surface area contributed by atoms with Gasteiger partial charge in [-0.15, -0.1) is 11.3 Å². The maximum Gasteiger partial charge on any atom is 0.0302 e. The van der Waals surface area contributed by atoms with Crippen LogP contribution in [0.5, 0.6) is 0 Å². The Morgan fingerprint density at radius 1 is 1.50 bits per heavy atom. The molecule has 1 unspecified atom stereocenters. The second-order valence-electron chi connectivity index (χ2n) is 3.59. The Balaban J connectivity index is 1.79. The van der Waals surface area contributed by atoms with Gasteiger partial charge in [0.2, 0.25) is 0 Å². The molecule has 0 aliphatic heterocycles. The third-order valence-corrected chi connectivity index (χ3v) is 4.15. The van der Waals surface area contributed by atoms with Crippen LogP contribution < -0.4 is 5.32 Å². The minimum Gasteiger partial charge on any atom is -0.309 e. The molecule has 14 heavy (non-hydrogen) atoms. The Hall–Kier alpha value is -0.120. The largest absolute Gasteiger partial charge is 0.309 e. The standard InChI is InChI=1S/C11H14BrNS/c12-9-6-11(14-8-9)7-13-10-4-2-1-3-5-10/h1-2,6,8,10,13H,3-5,7H2. The molecule has 1 aromatic heterocycles. The highest BCUT2D eigenvalue weighted by Gasteiger charge is 2.08. The fourth-order valence-electron chi connectivity index (χ4n) is 1.67. The SMILES string of the molecule is Brc1csc(CNC2CC=CCC2)c1. The van der Waals surface area contributed by atoms with Crippen molar-refractivity contribution in [2.24, 2.45) is 0 Å². The average molecular weight is 272 g/mol. The molecule has 0 fully saturated rings. The van der Waals surface area contributed by atoms with Gasteiger partial charge in [-0.05, 0) is 41.3 Å². The van der Waals surface area contributed by atoms with Crippen LogP contribution in [0.15, 0.2) is 28.1 Å². The lowest BCUT2D eigenvalue weighted by atomic mass is 10.0. The third-order valence-electron chi connectivity index (χ3n) is 2.46. The second-order valence-corrected chi connectivity index (χ2v) is 5.50. The Kier molecular flexibility index (Phi) is 3.79. The zero-order valence-corrected chi connectivity index (χ0v) is 10.4. The molecule has 3 heteroatoms. The van der Waals surface area contributed by atoms with Crippen LogP contribution in [0.2, 0.25) is 0 Å². The number of hydrogen-bond donors (Lipinski definition) is 1. The predicted molar refractivity (Wildman–Crippen MR) is 65.6 cm³/mol. The van der Waals surface area contributed by atoms with Gasteiger partial charge in [0.15, 0.2) is 0 Å². The zero-order chi connectivity index (χ0) is 9.80. The molecule has 0 saturated carbocycles. The molecular weight excluding hydrogens is 258 g/mol. The third kappa shape index (κ3) is 2.94. The van der Waals surface area contributed by atoms with Crippen LogP contribution in [0, 0.1) is 0 Å². The van der Waals surface area contributed by atoms with Crippen molar-refractivity contribution < 1.29 is 0 Å². The van der Waals surface area contributed by atoms with Gasteiger partial charge in [0.1, 0.15) is 0 Å². The van der Waals surface area contributed by atoms with Crippen molar-refractivity contribution in [1.82, 2.24) is 5.32 Å². The van der Waals surface area contributed by atoms with Crippen molar-refractivity contribution >= 4 is 27.3 Å². The summed E-state index contributed by atoms with van der Waals surface area (Å²) in [6.07, 6.45) is 8.26. The van der Waals surface area contributed by atoms with Gasteiger partial charge in [0, 0.05) is 27.3 Å². The Bertz CT molecular complexity index is 319. The molecule has 0 amide bonds. The Morgan fingerprint density at radius 3 is 3.07 bits per heavy atom. The summed E-state index contributed by atoms with van der Waals surface area (Å²) in [7, 11) is 0. The van der Waals surface area contributed by atoms with Crippen LogP contribution in [0.25, 0.3) is 0 Å². The number of halogens is 1. The molecular formula is C11H14BrNS. The van der Waals surface area contributed by atoms with Gasteiger partial charge in [-0.2, -0.15) is 0 Å². The monoisotopic (exact) mass is 271 g/mol. The molecule has 1 aromatic rings. The number of nitrogens with one attached hydrogen (secondary N) is 1. The van der Waals surface area contributed by atoms with Gasteiger partial charge in [-0.3, -0.25) is 0 Å². The van der Waals surface area contributed by atoms with E-state index in [1.165, 1.54) is 28.6 Å². The van der Waals surface area contributed by atoms with Gasteiger partial charge >= 0.3 is 0 Å². The molecule has 1 aliphatic rings. The van der Waals surface area contributed by atoms with Crippen molar-refractivity contribution in [3.8, 4) is 0 Å². The summed E-state index contributed by atoms with van der Waals surface area (Å²) in [6.45, 7) is 1.01. The number of thiophene rings is 1. The summed E-state index contributed by atoms with van der Waals surface area (Å²) in [5.41, 5.74) is 0. The first-order chi connectivity index (χ1) is 6.84. The number of rotatable bonds is 3. The van der Waals surface area contributed by atoms with Crippen LogP contribution in [0.3, 0.4) is 0 Å². The van der Waals surface area contributed by atoms with Crippen LogP contribution in [0.1, 0.15) is 24.1 Å². The van der Waals surface area contributed by atoms with Crippen LogP contribution in [-0.4, -0.2) is 6.04 Å². The van der Waals surface area contributed by atoms with Crippen molar-refractivity contribution in [1.29, 1.82) is 0 Å². The zero-order valence-electron chi connectivity index (χ0n) is 8.00. The lowest BCUT2D eigenvalue weighted by Gasteiger charge is -2.18. The van der Waals surface area contributed by atoms with Crippen molar-refractivity contribution in [2.45, 2.75) is 31.8 Å². The van der Waals surface area contributed by atoms with E-state index in [0.717, 1.165) is 6.54 Å². The van der Waals surface area contributed by atoms with Crippen LogP contribution in [-0.2, 0) is 6.54 Å². The molecule has 1 N–H and O–H groups in total. The van der Waals surface area contributed by atoms with Crippen molar-refractivity contribution in [2.75, 3.05) is 0 Å². The minimum absolute atomic E-state index is 0.681. The van der Waals surface area contributed by atoms with E-state index in [4.69, 9.17) is 0 Å². The summed E-state index contributed by atoms with van der Waals surface area (Å²) in [5, 5.41) is 5.73. The fourth-order valence-corrected chi connectivity index (χ4v) is 3.07. The molecule has 0 radical (unpaired) electrons. The van der Waals surface area contributed by atoms with E-state index in [9.17, 15) is 0 Å². The maximum absolute atomic E-state index is 3.59. The highest BCUT2D eigenvalue weighted by Crippen LogP contribution is 2.20. The van der Waals surface area contributed by atoms with E-state index in [1.54, 1.807) is 0 Å². The Labute approximate surface area is 97.3 Å². The highest BCUT2D eigenvalue weighted by molar-refractivity contribution is 9.10. The summed E-state index contributed by atoms with van der Waals surface area (Å²) in [5.74, 6) is 0. The van der Waals surface area contributed by atoms with Gasteiger partial charge in [0.25, 0.3) is 0 Å². The van der Waals surface area contributed by atoms with E-state index in [-0.39, 0.29) is 0 Å². The maximum atomic E-state index is 3.59. The van der Waals surface area contributed by atoms with Crippen molar-refractivity contribution in [3.05, 3.63) is 32.9 Å². The lowest BCUT2D eigenvalue weighted by Crippen LogP contribution is -2.28. The summed E-state index contributed by atoms with van der Waals surface area (Å²) >= 11 is 5.28. The van der Waals surface area contributed by atoms with Crippen molar-refractivity contribution in [3.63, 3.8) is 0 Å². The summed E-state index contributed by atoms with van der Waals surface area (Å²) < 4.78 is 1.20.